The van der Waals surface area contributed by atoms with Crippen molar-refractivity contribution < 1.29 is 19.7 Å². The van der Waals surface area contributed by atoms with Gasteiger partial charge in [0, 0.05) is 27.8 Å². The van der Waals surface area contributed by atoms with E-state index >= 15 is 0 Å². The van der Waals surface area contributed by atoms with Crippen LogP contribution in [0.15, 0.2) is 91.0 Å². The van der Waals surface area contributed by atoms with Crippen LogP contribution in [0.4, 0.5) is 0 Å². The van der Waals surface area contributed by atoms with E-state index in [2.05, 4.69) is 45.9 Å². The van der Waals surface area contributed by atoms with Crippen LogP contribution in [-0.4, -0.2) is 23.4 Å². The Morgan fingerprint density at radius 1 is 0.488 bits per heavy atom. The summed E-state index contributed by atoms with van der Waals surface area (Å²) >= 11 is 0. The highest BCUT2D eigenvalue weighted by Gasteiger charge is 2.18. The fourth-order valence-corrected chi connectivity index (χ4v) is 5.84. The summed E-state index contributed by atoms with van der Waals surface area (Å²) in [5, 5.41) is 22.0. The fourth-order valence-electron chi connectivity index (χ4n) is 5.84. The predicted molar refractivity (Wildman–Crippen MR) is 176 cm³/mol. The van der Waals surface area contributed by atoms with Gasteiger partial charge < -0.3 is 19.7 Å². The standard InChI is InChI=1S/C39H40O4/c1-25-16-17-35(40)32(22-25)30-12-6-8-14-36(30)42-18-10-11-19-43-37-15-9-7-13-31(37)33-23-27(3)24-34(39(33)41)38-28(4)20-26(2)21-29(38)5/h6-9,12-17,20-24,40-41H,10-11,18-19H2,1-5H3. The van der Waals surface area contributed by atoms with Gasteiger partial charge in [-0.05, 0) is 106 Å². The van der Waals surface area contributed by atoms with Crippen molar-refractivity contribution in [1.82, 2.24) is 0 Å². The molecule has 0 amide bonds. The van der Waals surface area contributed by atoms with E-state index in [0.29, 0.717) is 13.2 Å². The number of aromatic hydroxyl groups is 2. The molecule has 5 aromatic carbocycles. The highest BCUT2D eigenvalue weighted by Crippen LogP contribution is 2.44. The lowest BCUT2D eigenvalue weighted by Crippen LogP contribution is -2.04. The third-order valence-corrected chi connectivity index (χ3v) is 7.76. The van der Waals surface area contributed by atoms with Gasteiger partial charge in [0.05, 0.1) is 13.2 Å². The van der Waals surface area contributed by atoms with Crippen LogP contribution >= 0.6 is 0 Å². The van der Waals surface area contributed by atoms with Gasteiger partial charge in [0.1, 0.15) is 23.0 Å². The van der Waals surface area contributed by atoms with E-state index in [0.717, 1.165) is 80.0 Å². The second-order valence-electron chi connectivity index (χ2n) is 11.4. The quantitative estimate of drug-likeness (QED) is 0.164. The van der Waals surface area contributed by atoms with Crippen molar-refractivity contribution in [2.24, 2.45) is 0 Å². The Bertz CT molecular complexity index is 1730. The van der Waals surface area contributed by atoms with Gasteiger partial charge in [0.15, 0.2) is 0 Å². The van der Waals surface area contributed by atoms with E-state index in [1.54, 1.807) is 6.07 Å². The van der Waals surface area contributed by atoms with Gasteiger partial charge >= 0.3 is 0 Å². The van der Waals surface area contributed by atoms with E-state index in [-0.39, 0.29) is 11.5 Å². The molecule has 0 heterocycles. The Kier molecular flexibility index (Phi) is 9.06. The van der Waals surface area contributed by atoms with E-state index in [4.69, 9.17) is 9.47 Å². The summed E-state index contributed by atoms with van der Waals surface area (Å²) in [5.41, 5.74) is 10.9. The molecule has 5 aromatic rings. The van der Waals surface area contributed by atoms with E-state index in [1.165, 1.54) is 5.56 Å². The van der Waals surface area contributed by atoms with Gasteiger partial charge in [0.25, 0.3) is 0 Å². The summed E-state index contributed by atoms with van der Waals surface area (Å²) in [4.78, 5) is 0. The molecular weight excluding hydrogens is 532 g/mol. The van der Waals surface area contributed by atoms with Crippen molar-refractivity contribution in [3.63, 3.8) is 0 Å². The van der Waals surface area contributed by atoms with Crippen molar-refractivity contribution >= 4 is 0 Å². The first-order valence-electron chi connectivity index (χ1n) is 14.9. The molecule has 0 unspecified atom stereocenters. The molecule has 0 bridgehead atoms. The lowest BCUT2D eigenvalue weighted by atomic mass is 9.89. The Morgan fingerprint density at radius 2 is 0.977 bits per heavy atom. The second-order valence-corrected chi connectivity index (χ2v) is 11.4. The maximum absolute atomic E-state index is 11.6. The third kappa shape index (κ3) is 6.70. The summed E-state index contributed by atoms with van der Waals surface area (Å²) in [6.07, 6.45) is 1.61. The van der Waals surface area contributed by atoms with Crippen LogP contribution in [0.2, 0.25) is 0 Å². The average Bonchev–Trinajstić information content (AvgIpc) is 2.98. The Balaban J connectivity index is 1.27. The van der Waals surface area contributed by atoms with Crippen LogP contribution in [-0.2, 0) is 0 Å². The summed E-state index contributed by atoms with van der Waals surface area (Å²) in [6.45, 7) is 11.4. The molecular formula is C39H40O4. The zero-order valence-electron chi connectivity index (χ0n) is 25.7. The second kappa shape index (κ2) is 13.1. The summed E-state index contributed by atoms with van der Waals surface area (Å²) in [5.74, 6) is 2.00. The lowest BCUT2D eigenvalue weighted by Gasteiger charge is -2.18. The normalized spacial score (nSPS) is 11.0. The van der Waals surface area contributed by atoms with E-state index in [1.807, 2.05) is 73.7 Å². The zero-order valence-corrected chi connectivity index (χ0v) is 25.7. The van der Waals surface area contributed by atoms with Crippen molar-refractivity contribution in [1.29, 1.82) is 0 Å². The maximum atomic E-state index is 11.6. The Labute approximate surface area is 255 Å². The molecule has 0 aromatic heterocycles. The molecule has 220 valence electrons. The predicted octanol–water partition coefficient (Wildman–Crippen LogP) is 9.88. The molecule has 4 nitrogen and oxygen atoms in total. The first-order valence-corrected chi connectivity index (χ1v) is 14.9. The van der Waals surface area contributed by atoms with E-state index in [9.17, 15) is 10.2 Å². The number of aryl methyl sites for hydroxylation is 5. The van der Waals surface area contributed by atoms with Crippen molar-refractivity contribution in [3.05, 3.63) is 119 Å². The van der Waals surface area contributed by atoms with Gasteiger partial charge in [-0.15, -0.1) is 0 Å². The Hall–Kier alpha value is -4.70. The number of unbranched alkanes of at least 4 members (excludes halogenated alkanes) is 1. The van der Waals surface area contributed by atoms with Crippen LogP contribution in [0.1, 0.15) is 40.7 Å². The van der Waals surface area contributed by atoms with Gasteiger partial charge in [-0.3, -0.25) is 0 Å². The van der Waals surface area contributed by atoms with Crippen LogP contribution < -0.4 is 9.47 Å². The minimum atomic E-state index is 0.240. The molecule has 0 aliphatic heterocycles. The van der Waals surface area contributed by atoms with Crippen LogP contribution in [0.3, 0.4) is 0 Å². The van der Waals surface area contributed by atoms with Crippen LogP contribution in [0.5, 0.6) is 23.0 Å². The van der Waals surface area contributed by atoms with Crippen LogP contribution in [0, 0.1) is 34.6 Å². The van der Waals surface area contributed by atoms with Gasteiger partial charge in [-0.2, -0.15) is 0 Å². The number of rotatable bonds is 10. The molecule has 0 atom stereocenters. The number of para-hydroxylation sites is 2. The molecule has 0 saturated heterocycles. The van der Waals surface area contributed by atoms with Gasteiger partial charge in [-0.1, -0.05) is 65.7 Å². The molecule has 0 saturated carbocycles. The number of hydrogen-bond donors (Lipinski definition) is 2. The molecule has 4 heteroatoms. The fraction of sp³-hybridized carbons (Fsp3) is 0.231. The molecule has 0 aliphatic carbocycles. The number of benzene rings is 5. The largest absolute Gasteiger partial charge is 0.507 e. The highest BCUT2D eigenvalue weighted by molar-refractivity contribution is 5.87. The van der Waals surface area contributed by atoms with Crippen LogP contribution in [0.25, 0.3) is 33.4 Å². The smallest absolute Gasteiger partial charge is 0.131 e. The lowest BCUT2D eigenvalue weighted by molar-refractivity contribution is 0.267. The van der Waals surface area contributed by atoms with E-state index < -0.39 is 0 Å². The minimum Gasteiger partial charge on any atom is -0.507 e. The van der Waals surface area contributed by atoms with Gasteiger partial charge in [0.2, 0.25) is 0 Å². The highest BCUT2D eigenvalue weighted by atomic mass is 16.5. The third-order valence-electron chi connectivity index (χ3n) is 7.76. The maximum Gasteiger partial charge on any atom is 0.131 e. The topological polar surface area (TPSA) is 58.9 Å². The molecule has 0 aliphatic rings. The van der Waals surface area contributed by atoms with Crippen molar-refractivity contribution in [2.75, 3.05) is 13.2 Å². The van der Waals surface area contributed by atoms with Crippen molar-refractivity contribution in [2.45, 2.75) is 47.5 Å². The molecule has 0 spiro atoms. The van der Waals surface area contributed by atoms with Crippen molar-refractivity contribution in [3.8, 4) is 56.4 Å². The number of ether oxygens (including phenoxy) is 2. The molecule has 43 heavy (non-hydrogen) atoms. The molecule has 2 N–H and O–H groups in total. The first-order chi connectivity index (χ1) is 20.7. The number of phenols is 2. The number of hydrogen-bond acceptors (Lipinski definition) is 4. The summed E-state index contributed by atoms with van der Waals surface area (Å²) < 4.78 is 12.4. The first kappa shape index (κ1) is 29.8. The molecule has 0 fully saturated rings. The average molecular weight is 573 g/mol. The monoisotopic (exact) mass is 572 g/mol. The SMILES string of the molecule is Cc1cc(C)c(-c2cc(C)cc(-c3ccccc3OCCCCOc3ccccc3-c3cc(C)ccc3O)c2O)c(C)c1. The summed E-state index contributed by atoms with van der Waals surface area (Å²) in [6, 6.07) is 29.7. The Morgan fingerprint density at radius 3 is 1.58 bits per heavy atom. The zero-order chi connectivity index (χ0) is 30.5. The minimum absolute atomic E-state index is 0.240. The summed E-state index contributed by atoms with van der Waals surface area (Å²) in [7, 11) is 0. The molecule has 0 radical (unpaired) electrons. The number of phenolic OH excluding ortho intramolecular Hbond substituents is 2. The van der Waals surface area contributed by atoms with Gasteiger partial charge in [-0.25, -0.2) is 0 Å². The molecule has 5 rings (SSSR count).